The molecule has 0 atom stereocenters. The Morgan fingerprint density at radius 3 is 3.21 bits per heavy atom. The van der Waals surface area contributed by atoms with E-state index < -0.39 is 0 Å². The summed E-state index contributed by atoms with van der Waals surface area (Å²) in [5, 5.41) is 12.3. The van der Waals surface area contributed by atoms with Crippen molar-refractivity contribution >= 4 is 5.52 Å². The standard InChI is InChI=1S/C10H13N3O/c1-11-4-2-10-12-7-8-6-9(14)3-5-13(8)10/h3,5-7,11,14H,2,4H2,1H3. The van der Waals surface area contributed by atoms with Crippen LogP contribution in [0, 0.1) is 0 Å². The van der Waals surface area contributed by atoms with Gasteiger partial charge in [0.25, 0.3) is 0 Å². The minimum atomic E-state index is 0.276. The Morgan fingerprint density at radius 1 is 1.57 bits per heavy atom. The molecule has 0 aromatic carbocycles. The van der Waals surface area contributed by atoms with Crippen molar-refractivity contribution in [1.29, 1.82) is 0 Å². The van der Waals surface area contributed by atoms with E-state index in [1.807, 2.05) is 17.6 Å². The normalized spacial score (nSPS) is 10.9. The number of nitrogens with zero attached hydrogens (tertiary/aromatic N) is 2. The second kappa shape index (κ2) is 3.67. The van der Waals surface area contributed by atoms with Gasteiger partial charge in [0.05, 0.1) is 11.7 Å². The second-order valence-corrected chi connectivity index (χ2v) is 3.21. The van der Waals surface area contributed by atoms with Crippen LogP contribution in [0.3, 0.4) is 0 Å². The Kier molecular flexibility index (Phi) is 2.37. The third-order valence-electron chi connectivity index (χ3n) is 2.19. The lowest BCUT2D eigenvalue weighted by Crippen LogP contribution is -2.12. The largest absolute Gasteiger partial charge is 0.508 e. The summed E-state index contributed by atoms with van der Waals surface area (Å²) in [5.74, 6) is 1.28. The van der Waals surface area contributed by atoms with Crippen LogP contribution >= 0.6 is 0 Å². The van der Waals surface area contributed by atoms with Gasteiger partial charge in [0.2, 0.25) is 0 Å². The summed E-state index contributed by atoms with van der Waals surface area (Å²) in [5.41, 5.74) is 0.927. The molecule has 2 aromatic rings. The summed E-state index contributed by atoms with van der Waals surface area (Å²) in [6.45, 7) is 0.903. The lowest BCUT2D eigenvalue weighted by Gasteiger charge is -2.00. The Balaban J connectivity index is 2.37. The summed E-state index contributed by atoms with van der Waals surface area (Å²) in [7, 11) is 1.92. The molecule has 0 fully saturated rings. The lowest BCUT2D eigenvalue weighted by atomic mass is 10.3. The minimum Gasteiger partial charge on any atom is -0.508 e. The molecule has 0 aliphatic carbocycles. The second-order valence-electron chi connectivity index (χ2n) is 3.21. The third kappa shape index (κ3) is 1.56. The van der Waals surface area contributed by atoms with Gasteiger partial charge in [-0.3, -0.25) is 0 Å². The van der Waals surface area contributed by atoms with Crippen LogP contribution in [0.4, 0.5) is 0 Å². The average Bonchev–Trinajstić information content (AvgIpc) is 2.57. The Morgan fingerprint density at radius 2 is 2.43 bits per heavy atom. The number of aromatic nitrogens is 2. The maximum absolute atomic E-state index is 9.26. The molecular weight excluding hydrogens is 178 g/mol. The van der Waals surface area contributed by atoms with Crippen LogP contribution in [-0.4, -0.2) is 28.1 Å². The Hall–Kier alpha value is -1.55. The first kappa shape index (κ1) is 9.02. The zero-order valence-corrected chi connectivity index (χ0v) is 8.07. The van der Waals surface area contributed by atoms with E-state index in [4.69, 9.17) is 0 Å². The fourth-order valence-corrected chi connectivity index (χ4v) is 1.47. The van der Waals surface area contributed by atoms with Gasteiger partial charge in [0, 0.05) is 25.2 Å². The molecule has 0 unspecified atom stereocenters. The molecule has 2 N–H and O–H groups in total. The smallest absolute Gasteiger partial charge is 0.119 e. The van der Waals surface area contributed by atoms with Gasteiger partial charge in [-0.25, -0.2) is 4.98 Å². The molecule has 2 rings (SSSR count). The molecule has 0 spiro atoms. The summed E-state index contributed by atoms with van der Waals surface area (Å²) in [6, 6.07) is 3.37. The molecule has 2 heterocycles. The highest BCUT2D eigenvalue weighted by molar-refractivity contribution is 5.50. The van der Waals surface area contributed by atoms with Gasteiger partial charge in [-0.15, -0.1) is 0 Å². The van der Waals surface area contributed by atoms with Crippen LogP contribution < -0.4 is 5.32 Å². The van der Waals surface area contributed by atoms with Gasteiger partial charge >= 0.3 is 0 Å². The number of fused-ring (bicyclic) bond motifs is 1. The summed E-state index contributed by atoms with van der Waals surface area (Å²) < 4.78 is 1.98. The van der Waals surface area contributed by atoms with E-state index in [1.165, 1.54) is 0 Å². The quantitative estimate of drug-likeness (QED) is 0.754. The van der Waals surface area contributed by atoms with Gasteiger partial charge in [0.1, 0.15) is 11.6 Å². The molecule has 0 radical (unpaired) electrons. The van der Waals surface area contributed by atoms with Gasteiger partial charge in [-0.05, 0) is 13.1 Å². The van der Waals surface area contributed by atoms with Crippen LogP contribution in [0.5, 0.6) is 5.75 Å². The van der Waals surface area contributed by atoms with E-state index in [1.54, 1.807) is 18.3 Å². The molecule has 2 aromatic heterocycles. The number of imidazole rings is 1. The molecule has 74 valence electrons. The number of likely N-dealkylation sites (N-methyl/N-ethyl adjacent to an activating group) is 1. The zero-order valence-electron chi connectivity index (χ0n) is 8.07. The third-order valence-corrected chi connectivity index (χ3v) is 2.19. The molecule has 0 aliphatic rings. The Bertz CT molecular complexity index is 436. The maximum Gasteiger partial charge on any atom is 0.119 e. The van der Waals surface area contributed by atoms with Crippen molar-refractivity contribution in [1.82, 2.24) is 14.7 Å². The average molecular weight is 191 g/mol. The van der Waals surface area contributed by atoms with Crippen LogP contribution in [0.2, 0.25) is 0 Å². The summed E-state index contributed by atoms with van der Waals surface area (Å²) in [4.78, 5) is 4.29. The van der Waals surface area contributed by atoms with E-state index >= 15 is 0 Å². The molecule has 0 bridgehead atoms. The number of nitrogens with one attached hydrogen (secondary N) is 1. The van der Waals surface area contributed by atoms with E-state index in [0.717, 1.165) is 24.3 Å². The van der Waals surface area contributed by atoms with Crippen molar-refractivity contribution in [3.63, 3.8) is 0 Å². The van der Waals surface area contributed by atoms with Gasteiger partial charge in [-0.1, -0.05) is 0 Å². The first-order valence-electron chi connectivity index (χ1n) is 4.61. The first-order valence-corrected chi connectivity index (χ1v) is 4.61. The SMILES string of the molecule is CNCCc1ncc2cc(O)ccn12. The first-order chi connectivity index (χ1) is 6.81. The molecule has 0 aliphatic heterocycles. The van der Waals surface area contributed by atoms with E-state index in [0.29, 0.717) is 0 Å². The topological polar surface area (TPSA) is 49.6 Å². The minimum absolute atomic E-state index is 0.276. The van der Waals surface area contributed by atoms with Crippen molar-refractivity contribution in [3.8, 4) is 5.75 Å². The maximum atomic E-state index is 9.26. The van der Waals surface area contributed by atoms with Crippen LogP contribution in [0.25, 0.3) is 5.52 Å². The highest BCUT2D eigenvalue weighted by atomic mass is 16.3. The number of hydrogen-bond donors (Lipinski definition) is 2. The summed E-state index contributed by atoms with van der Waals surface area (Å²) in [6.07, 6.45) is 4.49. The van der Waals surface area contributed by atoms with Crippen LogP contribution in [0.1, 0.15) is 5.82 Å². The van der Waals surface area contributed by atoms with Crippen LogP contribution in [-0.2, 0) is 6.42 Å². The van der Waals surface area contributed by atoms with Crippen LogP contribution in [0.15, 0.2) is 24.5 Å². The fraction of sp³-hybridized carbons (Fsp3) is 0.300. The highest BCUT2D eigenvalue weighted by Gasteiger charge is 2.02. The predicted octanol–water partition coefficient (Wildman–Crippen LogP) is 0.802. The number of rotatable bonds is 3. The molecule has 4 nitrogen and oxygen atoms in total. The monoisotopic (exact) mass is 191 g/mol. The lowest BCUT2D eigenvalue weighted by molar-refractivity contribution is 0.475. The van der Waals surface area contributed by atoms with Gasteiger partial charge in [0.15, 0.2) is 0 Å². The van der Waals surface area contributed by atoms with E-state index in [-0.39, 0.29) is 5.75 Å². The van der Waals surface area contributed by atoms with E-state index in [2.05, 4.69) is 10.3 Å². The van der Waals surface area contributed by atoms with Crippen molar-refractivity contribution in [2.24, 2.45) is 0 Å². The number of pyridine rings is 1. The molecule has 0 saturated heterocycles. The van der Waals surface area contributed by atoms with Crippen molar-refractivity contribution < 1.29 is 5.11 Å². The molecule has 0 amide bonds. The van der Waals surface area contributed by atoms with Crippen molar-refractivity contribution in [2.75, 3.05) is 13.6 Å². The van der Waals surface area contributed by atoms with Gasteiger partial charge in [-0.2, -0.15) is 0 Å². The van der Waals surface area contributed by atoms with E-state index in [9.17, 15) is 5.11 Å². The fourth-order valence-electron chi connectivity index (χ4n) is 1.47. The summed E-state index contributed by atoms with van der Waals surface area (Å²) >= 11 is 0. The molecule has 14 heavy (non-hydrogen) atoms. The van der Waals surface area contributed by atoms with Crippen molar-refractivity contribution in [3.05, 3.63) is 30.4 Å². The van der Waals surface area contributed by atoms with Gasteiger partial charge < -0.3 is 14.8 Å². The van der Waals surface area contributed by atoms with Crippen molar-refractivity contribution in [2.45, 2.75) is 6.42 Å². The molecular formula is C10H13N3O. The highest BCUT2D eigenvalue weighted by Crippen LogP contribution is 2.14. The molecule has 0 saturated carbocycles. The zero-order chi connectivity index (χ0) is 9.97. The number of hydrogen-bond acceptors (Lipinski definition) is 3. The number of aromatic hydroxyl groups is 1. The molecule has 4 heteroatoms. The predicted molar refractivity (Wildman–Crippen MR) is 54.5 cm³/mol. The Labute approximate surface area is 82.2 Å².